The standard InChI is InChI=1S/C11H12FNO/c1-3-8-6-7-4-5-9(14-2)10(12)11(7)13-8/h4-6,13H,3H2,1-2H3. The maximum Gasteiger partial charge on any atom is 0.189 e. The van der Waals surface area contributed by atoms with Crippen LogP contribution in [0.15, 0.2) is 18.2 Å². The molecule has 0 amide bonds. The van der Waals surface area contributed by atoms with E-state index in [0.717, 1.165) is 17.5 Å². The molecule has 2 rings (SSSR count). The maximum atomic E-state index is 13.7. The lowest BCUT2D eigenvalue weighted by molar-refractivity contribution is 0.388. The SMILES string of the molecule is CCc1cc2ccc(OC)c(F)c2[nH]1. The Morgan fingerprint density at radius 2 is 2.21 bits per heavy atom. The Bertz CT molecular complexity index is 462. The number of H-pyrrole nitrogens is 1. The molecule has 0 radical (unpaired) electrons. The second kappa shape index (κ2) is 3.33. The van der Waals surface area contributed by atoms with Gasteiger partial charge < -0.3 is 9.72 Å². The zero-order valence-corrected chi connectivity index (χ0v) is 8.23. The van der Waals surface area contributed by atoms with Gasteiger partial charge in [-0.05, 0) is 24.6 Å². The monoisotopic (exact) mass is 193 g/mol. The van der Waals surface area contributed by atoms with Crippen LogP contribution in [0.25, 0.3) is 10.9 Å². The number of aromatic amines is 1. The van der Waals surface area contributed by atoms with E-state index < -0.39 is 0 Å². The van der Waals surface area contributed by atoms with Crippen molar-refractivity contribution in [3.63, 3.8) is 0 Å². The Kier molecular flexibility index (Phi) is 2.15. The van der Waals surface area contributed by atoms with Gasteiger partial charge in [0, 0.05) is 11.1 Å². The van der Waals surface area contributed by atoms with E-state index >= 15 is 0 Å². The molecule has 1 N–H and O–H groups in total. The van der Waals surface area contributed by atoms with Crippen LogP contribution in [0.5, 0.6) is 5.75 Å². The number of aromatic nitrogens is 1. The summed E-state index contributed by atoms with van der Waals surface area (Å²) in [6.45, 7) is 2.03. The fraction of sp³-hybridized carbons (Fsp3) is 0.273. The number of aryl methyl sites for hydroxylation is 1. The van der Waals surface area contributed by atoms with E-state index in [1.165, 1.54) is 7.11 Å². The summed E-state index contributed by atoms with van der Waals surface area (Å²) in [5, 5.41) is 0.889. The Balaban J connectivity index is 2.68. The lowest BCUT2D eigenvalue weighted by atomic mass is 10.2. The third kappa shape index (κ3) is 1.25. The third-order valence-electron chi connectivity index (χ3n) is 2.35. The Labute approximate surface area is 81.7 Å². The van der Waals surface area contributed by atoms with Gasteiger partial charge in [0.25, 0.3) is 0 Å². The van der Waals surface area contributed by atoms with Crippen LogP contribution < -0.4 is 4.74 Å². The number of ether oxygens (including phenoxy) is 1. The minimum Gasteiger partial charge on any atom is -0.494 e. The van der Waals surface area contributed by atoms with Crippen molar-refractivity contribution in [3.8, 4) is 5.75 Å². The predicted octanol–water partition coefficient (Wildman–Crippen LogP) is 2.88. The molecule has 0 bridgehead atoms. The highest BCUT2D eigenvalue weighted by Crippen LogP contribution is 2.26. The van der Waals surface area contributed by atoms with Gasteiger partial charge in [-0.3, -0.25) is 0 Å². The summed E-state index contributed by atoms with van der Waals surface area (Å²) in [4.78, 5) is 3.03. The first kappa shape index (κ1) is 9.06. The molecule has 14 heavy (non-hydrogen) atoms. The van der Waals surface area contributed by atoms with Gasteiger partial charge in [-0.1, -0.05) is 6.92 Å². The zero-order chi connectivity index (χ0) is 10.1. The largest absolute Gasteiger partial charge is 0.494 e. The van der Waals surface area contributed by atoms with Crippen molar-refractivity contribution in [2.24, 2.45) is 0 Å². The molecule has 2 nitrogen and oxygen atoms in total. The molecule has 0 unspecified atom stereocenters. The van der Waals surface area contributed by atoms with E-state index in [2.05, 4.69) is 4.98 Å². The van der Waals surface area contributed by atoms with E-state index in [1.807, 2.05) is 19.1 Å². The number of hydrogen-bond donors (Lipinski definition) is 1. The van der Waals surface area contributed by atoms with Crippen LogP contribution in [-0.2, 0) is 6.42 Å². The highest BCUT2D eigenvalue weighted by Gasteiger charge is 2.09. The van der Waals surface area contributed by atoms with Crippen molar-refractivity contribution < 1.29 is 9.13 Å². The normalized spacial score (nSPS) is 10.8. The second-order valence-corrected chi connectivity index (χ2v) is 3.19. The quantitative estimate of drug-likeness (QED) is 0.779. The first-order valence-corrected chi connectivity index (χ1v) is 4.60. The number of rotatable bonds is 2. The number of nitrogens with one attached hydrogen (secondary N) is 1. The van der Waals surface area contributed by atoms with E-state index in [4.69, 9.17) is 4.74 Å². The third-order valence-corrected chi connectivity index (χ3v) is 2.35. The summed E-state index contributed by atoms with van der Waals surface area (Å²) in [5.74, 6) is -0.0355. The van der Waals surface area contributed by atoms with Crippen LogP contribution in [0, 0.1) is 5.82 Å². The summed E-state index contributed by atoms with van der Waals surface area (Å²) in [7, 11) is 1.47. The summed E-state index contributed by atoms with van der Waals surface area (Å²) >= 11 is 0. The van der Waals surface area contributed by atoms with Crippen molar-refractivity contribution in [2.45, 2.75) is 13.3 Å². The molecule has 0 aliphatic carbocycles. The van der Waals surface area contributed by atoms with Crippen molar-refractivity contribution in [3.05, 3.63) is 29.7 Å². The van der Waals surface area contributed by atoms with Crippen molar-refractivity contribution in [1.29, 1.82) is 0 Å². The molecule has 0 atom stereocenters. The lowest BCUT2D eigenvalue weighted by Gasteiger charge is -2.01. The number of methoxy groups -OCH3 is 1. The van der Waals surface area contributed by atoms with Gasteiger partial charge in [0.2, 0.25) is 0 Å². The summed E-state index contributed by atoms with van der Waals surface area (Å²) < 4.78 is 18.6. The lowest BCUT2D eigenvalue weighted by Crippen LogP contribution is -1.88. The van der Waals surface area contributed by atoms with E-state index in [0.29, 0.717) is 5.52 Å². The molecule has 2 aromatic rings. The molecule has 1 heterocycles. The molecule has 0 saturated carbocycles. The van der Waals surface area contributed by atoms with Crippen molar-refractivity contribution >= 4 is 10.9 Å². The van der Waals surface area contributed by atoms with Crippen LogP contribution in [0.4, 0.5) is 4.39 Å². The van der Waals surface area contributed by atoms with E-state index in [-0.39, 0.29) is 11.6 Å². The first-order chi connectivity index (χ1) is 6.76. The van der Waals surface area contributed by atoms with Crippen LogP contribution in [0.1, 0.15) is 12.6 Å². The smallest absolute Gasteiger partial charge is 0.189 e. The predicted molar refractivity (Wildman–Crippen MR) is 54.2 cm³/mol. The van der Waals surface area contributed by atoms with Gasteiger partial charge >= 0.3 is 0 Å². The highest BCUT2D eigenvalue weighted by molar-refractivity contribution is 5.82. The summed E-state index contributed by atoms with van der Waals surface area (Å²) in [6, 6.07) is 5.45. The van der Waals surface area contributed by atoms with E-state index in [9.17, 15) is 4.39 Å². The summed E-state index contributed by atoms with van der Waals surface area (Å²) in [6.07, 6.45) is 0.871. The minimum absolute atomic E-state index is 0.280. The van der Waals surface area contributed by atoms with Gasteiger partial charge in [0.05, 0.1) is 12.6 Å². The van der Waals surface area contributed by atoms with E-state index in [1.54, 1.807) is 6.07 Å². The average Bonchev–Trinajstić information content (AvgIpc) is 2.62. The molecule has 0 aliphatic rings. The van der Waals surface area contributed by atoms with Crippen molar-refractivity contribution in [2.75, 3.05) is 7.11 Å². The molecule has 0 saturated heterocycles. The number of hydrogen-bond acceptors (Lipinski definition) is 1. The van der Waals surface area contributed by atoms with Gasteiger partial charge in [0.1, 0.15) is 0 Å². The van der Waals surface area contributed by atoms with Crippen molar-refractivity contribution in [1.82, 2.24) is 4.98 Å². The molecule has 0 fully saturated rings. The number of fused-ring (bicyclic) bond motifs is 1. The second-order valence-electron chi connectivity index (χ2n) is 3.19. The fourth-order valence-electron chi connectivity index (χ4n) is 1.55. The molecule has 74 valence electrons. The van der Waals surface area contributed by atoms with Crippen LogP contribution in [-0.4, -0.2) is 12.1 Å². The van der Waals surface area contributed by atoms with Crippen LogP contribution in [0.2, 0.25) is 0 Å². The molecule has 0 spiro atoms. The van der Waals surface area contributed by atoms with Crippen LogP contribution >= 0.6 is 0 Å². The number of benzene rings is 1. The number of halogens is 1. The highest BCUT2D eigenvalue weighted by atomic mass is 19.1. The van der Waals surface area contributed by atoms with Gasteiger partial charge in [-0.25, -0.2) is 4.39 Å². The zero-order valence-electron chi connectivity index (χ0n) is 8.23. The Hall–Kier alpha value is -1.51. The van der Waals surface area contributed by atoms with Gasteiger partial charge in [-0.2, -0.15) is 0 Å². The molecule has 3 heteroatoms. The van der Waals surface area contributed by atoms with Gasteiger partial charge in [-0.15, -0.1) is 0 Å². The maximum absolute atomic E-state index is 13.7. The molecule has 1 aromatic heterocycles. The topological polar surface area (TPSA) is 25.0 Å². The Morgan fingerprint density at radius 3 is 2.86 bits per heavy atom. The molecule has 0 aliphatic heterocycles. The van der Waals surface area contributed by atoms with Gasteiger partial charge in [0.15, 0.2) is 11.6 Å². The minimum atomic E-state index is -0.315. The fourth-order valence-corrected chi connectivity index (χ4v) is 1.55. The Morgan fingerprint density at radius 1 is 1.43 bits per heavy atom. The first-order valence-electron chi connectivity index (χ1n) is 4.60. The molecular weight excluding hydrogens is 181 g/mol. The average molecular weight is 193 g/mol. The van der Waals surface area contributed by atoms with Crippen LogP contribution in [0.3, 0.4) is 0 Å². The molecule has 1 aromatic carbocycles. The summed E-state index contributed by atoms with van der Waals surface area (Å²) in [5.41, 5.74) is 1.56. The molecular formula is C11H12FNO.